The number of hydrogen-bond donors (Lipinski definition) is 0. The SMILES string of the molecule is COc1ccc(C(=O)N(CCCN(C)C)c2nc3ccccc3s2)cc1OC.Cl. The minimum atomic E-state index is -0.0984. The molecule has 156 valence electrons. The first kappa shape index (κ1) is 22.9. The van der Waals surface area contributed by atoms with Crippen LogP contribution in [0.3, 0.4) is 0 Å². The molecule has 8 heteroatoms. The van der Waals surface area contributed by atoms with Crippen LogP contribution in [0.5, 0.6) is 11.5 Å². The molecular weight excluding hydrogens is 410 g/mol. The number of halogens is 1. The van der Waals surface area contributed by atoms with Crippen molar-refractivity contribution < 1.29 is 14.3 Å². The molecule has 0 aliphatic rings. The van der Waals surface area contributed by atoms with Gasteiger partial charge in [-0.05, 0) is 57.4 Å². The molecule has 0 saturated heterocycles. The summed E-state index contributed by atoms with van der Waals surface area (Å²) in [6, 6.07) is 13.2. The van der Waals surface area contributed by atoms with Crippen molar-refractivity contribution in [3.05, 3.63) is 48.0 Å². The molecule has 0 unspecified atom stereocenters. The highest BCUT2D eigenvalue weighted by atomic mass is 35.5. The van der Waals surface area contributed by atoms with E-state index in [4.69, 9.17) is 9.47 Å². The summed E-state index contributed by atoms with van der Waals surface area (Å²) >= 11 is 1.53. The Bertz CT molecular complexity index is 928. The van der Waals surface area contributed by atoms with E-state index in [1.54, 1.807) is 37.3 Å². The van der Waals surface area contributed by atoms with Crippen LogP contribution in [0.4, 0.5) is 5.13 Å². The van der Waals surface area contributed by atoms with Gasteiger partial charge in [-0.3, -0.25) is 9.69 Å². The number of benzene rings is 2. The highest BCUT2D eigenvalue weighted by Gasteiger charge is 2.22. The van der Waals surface area contributed by atoms with Gasteiger partial charge in [0.15, 0.2) is 16.6 Å². The average molecular weight is 436 g/mol. The van der Waals surface area contributed by atoms with Crippen molar-refractivity contribution in [1.29, 1.82) is 0 Å². The highest BCUT2D eigenvalue weighted by Crippen LogP contribution is 2.32. The number of hydrogen-bond acceptors (Lipinski definition) is 6. The third-order valence-electron chi connectivity index (χ3n) is 4.38. The first-order valence-electron chi connectivity index (χ1n) is 9.07. The Morgan fingerprint density at radius 3 is 2.41 bits per heavy atom. The maximum atomic E-state index is 13.3. The summed E-state index contributed by atoms with van der Waals surface area (Å²) in [5.74, 6) is 1.03. The molecule has 0 aliphatic carbocycles. The second-order valence-electron chi connectivity index (χ2n) is 6.65. The van der Waals surface area contributed by atoms with Gasteiger partial charge in [0.1, 0.15) is 0 Å². The zero-order valence-electron chi connectivity index (χ0n) is 17.0. The lowest BCUT2D eigenvalue weighted by molar-refractivity contribution is 0.0985. The first-order valence-corrected chi connectivity index (χ1v) is 9.89. The number of amides is 1. The van der Waals surface area contributed by atoms with Crippen LogP contribution in [0.1, 0.15) is 16.8 Å². The Morgan fingerprint density at radius 1 is 1.03 bits per heavy atom. The summed E-state index contributed by atoms with van der Waals surface area (Å²) in [6.07, 6.45) is 0.849. The van der Waals surface area contributed by atoms with E-state index in [1.807, 2.05) is 38.4 Å². The maximum absolute atomic E-state index is 13.3. The third kappa shape index (κ3) is 5.38. The lowest BCUT2D eigenvalue weighted by Crippen LogP contribution is -2.33. The number of rotatable bonds is 8. The van der Waals surface area contributed by atoms with Crippen LogP contribution >= 0.6 is 23.7 Å². The van der Waals surface area contributed by atoms with E-state index >= 15 is 0 Å². The molecule has 1 aromatic heterocycles. The number of carbonyl (C=O) groups excluding carboxylic acids is 1. The van der Waals surface area contributed by atoms with Crippen LogP contribution in [0.15, 0.2) is 42.5 Å². The van der Waals surface area contributed by atoms with Gasteiger partial charge < -0.3 is 14.4 Å². The zero-order chi connectivity index (χ0) is 20.1. The Hall–Kier alpha value is -2.35. The Kier molecular flexibility index (Phi) is 8.25. The molecule has 0 atom stereocenters. The second kappa shape index (κ2) is 10.4. The van der Waals surface area contributed by atoms with Crippen molar-refractivity contribution in [2.75, 3.05) is 46.3 Å². The number of ether oxygens (including phenoxy) is 2. The molecule has 0 bridgehead atoms. The molecule has 0 N–H and O–H groups in total. The molecule has 2 aromatic carbocycles. The number of aromatic nitrogens is 1. The summed E-state index contributed by atoms with van der Waals surface area (Å²) in [7, 11) is 7.19. The molecule has 29 heavy (non-hydrogen) atoms. The predicted octanol–water partition coefficient (Wildman–Crippen LogP) is 4.33. The molecule has 1 amide bonds. The fraction of sp³-hybridized carbons (Fsp3) is 0.333. The lowest BCUT2D eigenvalue weighted by Gasteiger charge is -2.21. The summed E-state index contributed by atoms with van der Waals surface area (Å²) < 4.78 is 11.7. The van der Waals surface area contributed by atoms with Gasteiger partial charge >= 0.3 is 0 Å². The number of para-hydroxylation sites is 1. The monoisotopic (exact) mass is 435 g/mol. The van der Waals surface area contributed by atoms with Gasteiger partial charge in [-0.2, -0.15) is 0 Å². The average Bonchev–Trinajstić information content (AvgIpc) is 3.13. The summed E-state index contributed by atoms with van der Waals surface area (Å²) in [4.78, 5) is 21.9. The molecule has 0 fully saturated rings. The number of carbonyl (C=O) groups is 1. The van der Waals surface area contributed by atoms with Gasteiger partial charge in [0, 0.05) is 12.1 Å². The largest absolute Gasteiger partial charge is 0.493 e. The number of methoxy groups -OCH3 is 2. The Labute approximate surface area is 181 Å². The third-order valence-corrected chi connectivity index (χ3v) is 5.44. The van der Waals surface area contributed by atoms with E-state index in [0.29, 0.717) is 28.7 Å². The summed E-state index contributed by atoms with van der Waals surface area (Å²) in [5, 5.41) is 0.708. The van der Waals surface area contributed by atoms with Gasteiger partial charge in [-0.1, -0.05) is 23.5 Å². The van der Waals surface area contributed by atoms with Crippen LogP contribution in [0.25, 0.3) is 10.2 Å². The minimum Gasteiger partial charge on any atom is -0.493 e. The van der Waals surface area contributed by atoms with Crippen molar-refractivity contribution >= 4 is 45.0 Å². The second-order valence-corrected chi connectivity index (χ2v) is 7.66. The first-order chi connectivity index (χ1) is 13.5. The smallest absolute Gasteiger partial charge is 0.260 e. The van der Waals surface area contributed by atoms with Gasteiger partial charge in [0.05, 0.1) is 24.4 Å². The van der Waals surface area contributed by atoms with Crippen molar-refractivity contribution in [2.45, 2.75) is 6.42 Å². The molecule has 6 nitrogen and oxygen atoms in total. The van der Waals surface area contributed by atoms with Crippen molar-refractivity contribution in [3.63, 3.8) is 0 Å². The van der Waals surface area contributed by atoms with E-state index < -0.39 is 0 Å². The van der Waals surface area contributed by atoms with Gasteiger partial charge in [-0.15, -0.1) is 12.4 Å². The summed E-state index contributed by atoms with van der Waals surface area (Å²) in [5.41, 5.74) is 1.45. The van der Waals surface area contributed by atoms with Crippen molar-refractivity contribution in [1.82, 2.24) is 9.88 Å². The molecule has 1 heterocycles. The van der Waals surface area contributed by atoms with Crippen LogP contribution in [-0.2, 0) is 0 Å². The number of nitrogens with zero attached hydrogens (tertiary/aromatic N) is 3. The van der Waals surface area contributed by atoms with E-state index in [0.717, 1.165) is 23.2 Å². The molecule has 0 saturated carbocycles. The fourth-order valence-corrected chi connectivity index (χ4v) is 3.92. The quantitative estimate of drug-likeness (QED) is 0.527. The number of thiazole rings is 1. The highest BCUT2D eigenvalue weighted by molar-refractivity contribution is 7.22. The van der Waals surface area contributed by atoms with Crippen LogP contribution in [0.2, 0.25) is 0 Å². The lowest BCUT2D eigenvalue weighted by atomic mass is 10.1. The van der Waals surface area contributed by atoms with E-state index in [1.165, 1.54) is 11.3 Å². The Morgan fingerprint density at radius 2 is 1.76 bits per heavy atom. The van der Waals surface area contributed by atoms with E-state index in [-0.39, 0.29) is 18.3 Å². The standard InChI is InChI=1S/C21H25N3O3S.ClH/c1-23(2)12-7-13-24(21-22-16-8-5-6-9-19(16)28-21)20(25)15-10-11-17(26-3)18(14-15)27-4;/h5-6,8-11,14H,7,12-13H2,1-4H3;1H. The molecular formula is C21H26ClN3O3S. The maximum Gasteiger partial charge on any atom is 0.260 e. The predicted molar refractivity (Wildman–Crippen MR) is 121 cm³/mol. The minimum absolute atomic E-state index is 0. The molecule has 0 spiro atoms. The topological polar surface area (TPSA) is 54.9 Å². The van der Waals surface area contributed by atoms with Crippen molar-refractivity contribution in [3.8, 4) is 11.5 Å². The van der Waals surface area contributed by atoms with Crippen LogP contribution in [0, 0.1) is 0 Å². The van der Waals surface area contributed by atoms with Crippen LogP contribution < -0.4 is 14.4 Å². The molecule has 0 aliphatic heterocycles. The number of anilines is 1. The molecule has 3 rings (SSSR count). The molecule has 3 aromatic rings. The molecule has 0 radical (unpaired) electrons. The van der Waals surface area contributed by atoms with Crippen molar-refractivity contribution in [2.24, 2.45) is 0 Å². The van der Waals surface area contributed by atoms with E-state index in [9.17, 15) is 4.79 Å². The van der Waals surface area contributed by atoms with Gasteiger partial charge in [-0.25, -0.2) is 4.98 Å². The normalized spacial score (nSPS) is 10.7. The fourth-order valence-electron chi connectivity index (χ4n) is 2.93. The summed E-state index contributed by atoms with van der Waals surface area (Å²) in [6.45, 7) is 1.48. The Balaban J connectivity index is 0.00000300. The van der Waals surface area contributed by atoms with Gasteiger partial charge in [0.2, 0.25) is 0 Å². The van der Waals surface area contributed by atoms with Crippen LogP contribution in [-0.4, -0.2) is 57.2 Å². The van der Waals surface area contributed by atoms with Gasteiger partial charge in [0.25, 0.3) is 5.91 Å². The van der Waals surface area contributed by atoms with E-state index in [2.05, 4.69) is 9.88 Å². The number of fused-ring (bicyclic) bond motifs is 1. The zero-order valence-corrected chi connectivity index (χ0v) is 18.7.